The van der Waals surface area contributed by atoms with Gasteiger partial charge in [0, 0.05) is 13.2 Å². The van der Waals surface area contributed by atoms with Crippen molar-refractivity contribution in [1.82, 2.24) is 4.98 Å². The van der Waals surface area contributed by atoms with Crippen LogP contribution in [0, 0.1) is 10.1 Å². The minimum absolute atomic E-state index is 0.0905. The van der Waals surface area contributed by atoms with Gasteiger partial charge in [0.05, 0.1) is 17.6 Å². The summed E-state index contributed by atoms with van der Waals surface area (Å²) in [5.74, 6) is 0.421. The number of nitrogen functional groups attached to an aromatic ring is 1. The Labute approximate surface area is 99.1 Å². The summed E-state index contributed by atoms with van der Waals surface area (Å²) in [5.41, 5.74) is 5.30. The largest absolute Gasteiger partial charge is 0.383 e. The molecule has 1 rings (SSSR count). The average molecular weight is 240 g/mol. The number of hydrogen-bond donors (Lipinski definition) is 2. The molecular weight excluding hydrogens is 224 g/mol. The Kier molecular flexibility index (Phi) is 4.65. The van der Waals surface area contributed by atoms with Gasteiger partial charge in [-0.2, -0.15) is 0 Å². The SMILES string of the molecule is CCC(COC)Nc1ccc([N+](=O)[O-])c(N)n1. The lowest BCUT2D eigenvalue weighted by atomic mass is 10.2. The highest BCUT2D eigenvalue weighted by Gasteiger charge is 2.14. The van der Waals surface area contributed by atoms with Crippen LogP contribution in [0.4, 0.5) is 17.3 Å². The predicted molar refractivity (Wildman–Crippen MR) is 64.9 cm³/mol. The van der Waals surface area contributed by atoms with Gasteiger partial charge in [-0.15, -0.1) is 0 Å². The van der Waals surface area contributed by atoms with Crippen LogP contribution in [-0.2, 0) is 4.74 Å². The molecule has 7 nitrogen and oxygen atoms in total. The summed E-state index contributed by atoms with van der Waals surface area (Å²) in [6.45, 7) is 2.54. The molecule has 0 amide bonds. The van der Waals surface area contributed by atoms with Crippen molar-refractivity contribution in [2.45, 2.75) is 19.4 Å². The minimum atomic E-state index is -0.557. The Morgan fingerprint density at radius 1 is 1.65 bits per heavy atom. The molecule has 94 valence electrons. The Bertz CT molecular complexity index is 397. The summed E-state index contributed by atoms with van der Waals surface area (Å²) in [6.07, 6.45) is 0.854. The number of nitro groups is 1. The molecule has 1 aromatic rings. The highest BCUT2D eigenvalue weighted by atomic mass is 16.6. The van der Waals surface area contributed by atoms with Gasteiger partial charge in [-0.1, -0.05) is 6.92 Å². The zero-order valence-corrected chi connectivity index (χ0v) is 9.84. The Balaban J connectivity index is 2.79. The van der Waals surface area contributed by atoms with E-state index in [9.17, 15) is 10.1 Å². The quantitative estimate of drug-likeness (QED) is 0.575. The summed E-state index contributed by atoms with van der Waals surface area (Å²) in [5, 5.41) is 13.7. The fourth-order valence-corrected chi connectivity index (χ4v) is 1.37. The molecule has 1 heterocycles. The van der Waals surface area contributed by atoms with Crippen molar-refractivity contribution in [3.63, 3.8) is 0 Å². The maximum Gasteiger partial charge on any atom is 0.311 e. The number of nitrogens with zero attached hydrogens (tertiary/aromatic N) is 2. The summed E-state index contributed by atoms with van der Waals surface area (Å²) in [7, 11) is 1.61. The molecule has 0 aromatic carbocycles. The number of hydrogen-bond acceptors (Lipinski definition) is 6. The van der Waals surface area contributed by atoms with Crippen molar-refractivity contribution in [1.29, 1.82) is 0 Å². The van der Waals surface area contributed by atoms with Gasteiger partial charge in [0.1, 0.15) is 5.82 Å². The smallest absolute Gasteiger partial charge is 0.311 e. The van der Waals surface area contributed by atoms with Crippen LogP contribution in [0.5, 0.6) is 0 Å². The van der Waals surface area contributed by atoms with Gasteiger partial charge in [-0.05, 0) is 12.5 Å². The predicted octanol–water partition coefficient (Wildman–Crippen LogP) is 1.41. The Hall–Kier alpha value is -1.89. The van der Waals surface area contributed by atoms with Crippen LogP contribution in [0.3, 0.4) is 0 Å². The lowest BCUT2D eigenvalue weighted by molar-refractivity contribution is -0.384. The third-order valence-electron chi connectivity index (χ3n) is 2.31. The molecule has 17 heavy (non-hydrogen) atoms. The molecule has 0 aliphatic rings. The van der Waals surface area contributed by atoms with Crippen molar-refractivity contribution < 1.29 is 9.66 Å². The third kappa shape index (κ3) is 3.56. The zero-order chi connectivity index (χ0) is 12.8. The number of aromatic nitrogens is 1. The summed E-state index contributed by atoms with van der Waals surface area (Å²) >= 11 is 0. The molecule has 0 spiro atoms. The first-order valence-electron chi connectivity index (χ1n) is 5.24. The molecule has 0 radical (unpaired) electrons. The number of anilines is 2. The van der Waals surface area contributed by atoms with E-state index in [1.807, 2.05) is 6.92 Å². The molecule has 0 fully saturated rings. The second kappa shape index (κ2) is 6.00. The lowest BCUT2D eigenvalue weighted by Gasteiger charge is -2.16. The standard InChI is InChI=1S/C10H16N4O3/c1-3-7(6-17-2)12-9-5-4-8(14(15)16)10(11)13-9/h4-5,7H,3,6H2,1-2H3,(H3,11,12,13). The molecule has 1 aromatic heterocycles. The van der Waals surface area contributed by atoms with Crippen LogP contribution in [0.2, 0.25) is 0 Å². The minimum Gasteiger partial charge on any atom is -0.383 e. The van der Waals surface area contributed by atoms with Gasteiger partial charge in [-0.25, -0.2) is 4.98 Å². The van der Waals surface area contributed by atoms with E-state index in [0.717, 1.165) is 6.42 Å². The fraction of sp³-hybridized carbons (Fsp3) is 0.500. The molecule has 1 unspecified atom stereocenters. The van der Waals surface area contributed by atoms with E-state index >= 15 is 0 Å². The van der Waals surface area contributed by atoms with Crippen molar-refractivity contribution >= 4 is 17.3 Å². The Morgan fingerprint density at radius 3 is 2.82 bits per heavy atom. The molecule has 0 saturated carbocycles. The van der Waals surface area contributed by atoms with E-state index in [1.165, 1.54) is 12.1 Å². The highest BCUT2D eigenvalue weighted by Crippen LogP contribution is 2.21. The molecule has 3 N–H and O–H groups in total. The molecule has 0 aliphatic carbocycles. The van der Waals surface area contributed by atoms with Gasteiger partial charge in [0.25, 0.3) is 0 Å². The lowest BCUT2D eigenvalue weighted by Crippen LogP contribution is -2.24. The normalized spacial score (nSPS) is 12.1. The summed E-state index contributed by atoms with van der Waals surface area (Å²) in [4.78, 5) is 13.9. The van der Waals surface area contributed by atoms with Crippen LogP contribution in [-0.4, -0.2) is 29.7 Å². The third-order valence-corrected chi connectivity index (χ3v) is 2.31. The van der Waals surface area contributed by atoms with Gasteiger partial charge >= 0.3 is 5.69 Å². The van der Waals surface area contributed by atoms with Crippen LogP contribution in [0.1, 0.15) is 13.3 Å². The van der Waals surface area contributed by atoms with E-state index in [1.54, 1.807) is 7.11 Å². The molecule has 0 aliphatic heterocycles. The monoisotopic (exact) mass is 240 g/mol. The van der Waals surface area contributed by atoms with Crippen LogP contribution < -0.4 is 11.1 Å². The maximum atomic E-state index is 10.6. The Morgan fingerprint density at radius 2 is 2.35 bits per heavy atom. The topological polar surface area (TPSA) is 103 Å². The highest BCUT2D eigenvalue weighted by molar-refractivity contribution is 5.57. The number of pyridine rings is 1. The molecule has 7 heteroatoms. The van der Waals surface area contributed by atoms with Gasteiger partial charge in [-0.3, -0.25) is 10.1 Å². The van der Waals surface area contributed by atoms with Gasteiger partial charge < -0.3 is 15.8 Å². The van der Waals surface area contributed by atoms with Crippen molar-refractivity contribution in [3.05, 3.63) is 22.2 Å². The summed E-state index contributed by atoms with van der Waals surface area (Å²) in [6, 6.07) is 2.98. The van der Waals surface area contributed by atoms with E-state index in [4.69, 9.17) is 10.5 Å². The van der Waals surface area contributed by atoms with E-state index in [2.05, 4.69) is 10.3 Å². The first-order valence-corrected chi connectivity index (χ1v) is 5.24. The summed E-state index contributed by atoms with van der Waals surface area (Å²) < 4.78 is 5.03. The number of nitrogens with one attached hydrogen (secondary N) is 1. The second-order valence-electron chi connectivity index (χ2n) is 3.56. The van der Waals surface area contributed by atoms with Gasteiger partial charge in [0.2, 0.25) is 5.82 Å². The number of nitrogens with two attached hydrogens (primary N) is 1. The first-order chi connectivity index (χ1) is 8.08. The van der Waals surface area contributed by atoms with Gasteiger partial charge in [0.15, 0.2) is 0 Å². The second-order valence-corrected chi connectivity index (χ2v) is 3.56. The van der Waals surface area contributed by atoms with E-state index < -0.39 is 4.92 Å². The van der Waals surface area contributed by atoms with Crippen LogP contribution in [0.15, 0.2) is 12.1 Å². The number of rotatable bonds is 6. The number of ether oxygens (including phenoxy) is 1. The van der Waals surface area contributed by atoms with Crippen molar-refractivity contribution in [3.8, 4) is 0 Å². The van der Waals surface area contributed by atoms with E-state index in [-0.39, 0.29) is 17.5 Å². The molecule has 0 saturated heterocycles. The fourth-order valence-electron chi connectivity index (χ4n) is 1.37. The molecular formula is C10H16N4O3. The van der Waals surface area contributed by atoms with Crippen LogP contribution >= 0.6 is 0 Å². The van der Waals surface area contributed by atoms with Crippen LogP contribution in [0.25, 0.3) is 0 Å². The van der Waals surface area contributed by atoms with Crippen molar-refractivity contribution in [2.24, 2.45) is 0 Å². The van der Waals surface area contributed by atoms with E-state index in [0.29, 0.717) is 12.4 Å². The average Bonchev–Trinajstić information content (AvgIpc) is 2.28. The number of methoxy groups -OCH3 is 1. The molecule has 0 bridgehead atoms. The maximum absolute atomic E-state index is 10.6. The first kappa shape index (κ1) is 13.2. The van der Waals surface area contributed by atoms with Crippen molar-refractivity contribution in [2.75, 3.05) is 24.8 Å². The molecule has 1 atom stereocenters. The zero-order valence-electron chi connectivity index (χ0n) is 9.84.